The van der Waals surface area contributed by atoms with Gasteiger partial charge in [-0.25, -0.2) is 0 Å². The summed E-state index contributed by atoms with van der Waals surface area (Å²) in [5.74, 6) is 0.458. The number of hydrogen-bond donors (Lipinski definition) is 0. The van der Waals surface area contributed by atoms with E-state index in [-0.39, 0.29) is 5.69 Å². The van der Waals surface area contributed by atoms with Crippen LogP contribution in [0.15, 0.2) is 30.6 Å². The number of carbonyl (C=O) groups is 1. The largest absolute Gasteiger partial charge is 0.496 e. The summed E-state index contributed by atoms with van der Waals surface area (Å²) in [6, 6.07) is 5.01. The molecule has 0 spiro atoms. The number of benzene rings is 1. The molecule has 6 nitrogen and oxygen atoms in total. The quantitative estimate of drug-likeness (QED) is 0.485. The second-order valence-electron chi connectivity index (χ2n) is 4.16. The fourth-order valence-corrected chi connectivity index (χ4v) is 1.98. The van der Waals surface area contributed by atoms with E-state index in [1.54, 1.807) is 31.3 Å². The highest BCUT2D eigenvalue weighted by Crippen LogP contribution is 2.31. The summed E-state index contributed by atoms with van der Waals surface area (Å²) < 4.78 is 5.06. The van der Waals surface area contributed by atoms with E-state index in [0.717, 1.165) is 0 Å². The standard InChI is InChI=1S/C14H12N2O4/c1-9-12(6-15-7-13(9)16(18)19)10-3-4-14(20-2)11(5-10)8-17/h3-8H,1-2H3. The van der Waals surface area contributed by atoms with Crippen molar-refractivity contribution in [3.8, 4) is 16.9 Å². The maximum Gasteiger partial charge on any atom is 0.291 e. The number of hydrogen-bond acceptors (Lipinski definition) is 5. The Morgan fingerprint density at radius 1 is 1.35 bits per heavy atom. The number of pyridine rings is 1. The van der Waals surface area contributed by atoms with E-state index in [2.05, 4.69) is 4.98 Å². The minimum absolute atomic E-state index is 0.0500. The van der Waals surface area contributed by atoms with Gasteiger partial charge >= 0.3 is 0 Å². The van der Waals surface area contributed by atoms with Crippen molar-refractivity contribution in [1.29, 1.82) is 0 Å². The van der Waals surface area contributed by atoms with Gasteiger partial charge in [0.25, 0.3) is 5.69 Å². The van der Waals surface area contributed by atoms with Gasteiger partial charge in [-0.05, 0) is 24.6 Å². The molecule has 0 amide bonds. The highest BCUT2D eigenvalue weighted by Gasteiger charge is 2.16. The summed E-state index contributed by atoms with van der Waals surface area (Å²) in [4.78, 5) is 25.3. The summed E-state index contributed by atoms with van der Waals surface area (Å²) >= 11 is 0. The van der Waals surface area contributed by atoms with Gasteiger partial charge in [0.15, 0.2) is 6.29 Å². The Labute approximate surface area is 115 Å². The highest BCUT2D eigenvalue weighted by atomic mass is 16.6. The fourth-order valence-electron chi connectivity index (χ4n) is 1.98. The molecule has 0 aliphatic rings. The molecule has 1 aromatic carbocycles. The molecule has 1 heterocycles. The minimum atomic E-state index is -0.476. The van der Waals surface area contributed by atoms with Gasteiger partial charge in [0.05, 0.1) is 17.6 Å². The van der Waals surface area contributed by atoms with E-state index < -0.39 is 4.92 Å². The van der Waals surface area contributed by atoms with E-state index in [1.165, 1.54) is 13.3 Å². The first-order valence-corrected chi connectivity index (χ1v) is 5.81. The van der Waals surface area contributed by atoms with Crippen molar-refractivity contribution in [3.63, 3.8) is 0 Å². The molecule has 102 valence electrons. The van der Waals surface area contributed by atoms with Crippen LogP contribution in [0.25, 0.3) is 11.1 Å². The zero-order valence-corrected chi connectivity index (χ0v) is 11.0. The smallest absolute Gasteiger partial charge is 0.291 e. The fraction of sp³-hybridized carbons (Fsp3) is 0.143. The van der Waals surface area contributed by atoms with Gasteiger partial charge in [-0.1, -0.05) is 6.07 Å². The zero-order valence-electron chi connectivity index (χ0n) is 11.0. The van der Waals surface area contributed by atoms with Crippen molar-refractivity contribution in [1.82, 2.24) is 4.98 Å². The number of aromatic nitrogens is 1. The number of methoxy groups -OCH3 is 1. The summed E-state index contributed by atoms with van der Waals surface area (Å²) in [5.41, 5.74) is 2.14. The minimum Gasteiger partial charge on any atom is -0.496 e. The Morgan fingerprint density at radius 3 is 2.70 bits per heavy atom. The summed E-state index contributed by atoms with van der Waals surface area (Å²) in [6.45, 7) is 1.65. The van der Waals surface area contributed by atoms with Crippen LogP contribution in [0.4, 0.5) is 5.69 Å². The molecule has 0 atom stereocenters. The molecule has 6 heteroatoms. The van der Waals surface area contributed by atoms with Gasteiger partial charge in [0.1, 0.15) is 11.9 Å². The Balaban J connectivity index is 2.60. The Bertz CT molecular complexity index is 683. The molecule has 0 aliphatic heterocycles. The first kappa shape index (κ1) is 13.7. The van der Waals surface area contributed by atoms with E-state index in [9.17, 15) is 14.9 Å². The molecule has 0 unspecified atom stereocenters. The summed E-state index contributed by atoms with van der Waals surface area (Å²) in [6.07, 6.45) is 3.43. The molecule has 0 saturated heterocycles. The zero-order chi connectivity index (χ0) is 14.7. The lowest BCUT2D eigenvalue weighted by atomic mass is 10.00. The Hall–Kier alpha value is -2.76. The van der Waals surface area contributed by atoms with Crippen molar-refractivity contribution < 1.29 is 14.5 Å². The number of ether oxygens (including phenoxy) is 1. The van der Waals surface area contributed by atoms with Crippen LogP contribution in [0.2, 0.25) is 0 Å². The van der Waals surface area contributed by atoms with Crippen LogP contribution < -0.4 is 4.74 Å². The normalized spacial score (nSPS) is 10.1. The maximum atomic E-state index is 11.0. The molecule has 1 aromatic heterocycles. The second-order valence-corrected chi connectivity index (χ2v) is 4.16. The molecule has 0 radical (unpaired) electrons. The monoisotopic (exact) mass is 272 g/mol. The van der Waals surface area contributed by atoms with Gasteiger partial charge in [0.2, 0.25) is 0 Å². The van der Waals surface area contributed by atoms with Gasteiger partial charge in [-0.3, -0.25) is 19.9 Å². The van der Waals surface area contributed by atoms with Crippen molar-refractivity contribution >= 4 is 12.0 Å². The van der Waals surface area contributed by atoms with Crippen molar-refractivity contribution in [3.05, 3.63) is 51.8 Å². The number of aldehydes is 1. The molecular formula is C14H12N2O4. The maximum absolute atomic E-state index is 11.0. The van der Waals surface area contributed by atoms with E-state index >= 15 is 0 Å². The second kappa shape index (κ2) is 5.48. The van der Waals surface area contributed by atoms with Crippen molar-refractivity contribution in [2.75, 3.05) is 7.11 Å². The number of nitrogens with zero attached hydrogens (tertiary/aromatic N) is 2. The molecule has 2 rings (SSSR count). The van der Waals surface area contributed by atoms with E-state index in [4.69, 9.17) is 4.74 Å². The van der Waals surface area contributed by atoms with Gasteiger partial charge in [0, 0.05) is 17.3 Å². The van der Waals surface area contributed by atoms with Crippen molar-refractivity contribution in [2.24, 2.45) is 0 Å². The summed E-state index contributed by atoms with van der Waals surface area (Å²) in [5, 5.41) is 10.9. The average molecular weight is 272 g/mol. The number of carbonyl (C=O) groups excluding carboxylic acids is 1. The highest BCUT2D eigenvalue weighted by molar-refractivity contribution is 5.83. The lowest BCUT2D eigenvalue weighted by Crippen LogP contribution is -1.96. The Morgan fingerprint density at radius 2 is 2.10 bits per heavy atom. The molecular weight excluding hydrogens is 260 g/mol. The lowest BCUT2D eigenvalue weighted by Gasteiger charge is -2.09. The van der Waals surface area contributed by atoms with Crippen LogP contribution in [-0.2, 0) is 0 Å². The first-order valence-electron chi connectivity index (χ1n) is 5.81. The van der Waals surface area contributed by atoms with Crippen LogP contribution in [-0.4, -0.2) is 23.3 Å². The SMILES string of the molecule is COc1ccc(-c2cncc([N+](=O)[O-])c2C)cc1C=O. The third kappa shape index (κ3) is 2.35. The van der Waals surface area contributed by atoms with Gasteiger partial charge in [-0.2, -0.15) is 0 Å². The molecule has 0 fully saturated rings. The molecule has 0 N–H and O–H groups in total. The topological polar surface area (TPSA) is 82.3 Å². The lowest BCUT2D eigenvalue weighted by molar-refractivity contribution is -0.385. The third-order valence-corrected chi connectivity index (χ3v) is 3.05. The van der Waals surface area contributed by atoms with Crippen LogP contribution >= 0.6 is 0 Å². The number of rotatable bonds is 4. The molecule has 0 saturated carbocycles. The molecule has 0 aliphatic carbocycles. The molecule has 0 bridgehead atoms. The van der Waals surface area contributed by atoms with Crippen LogP contribution in [0, 0.1) is 17.0 Å². The molecule has 20 heavy (non-hydrogen) atoms. The first-order chi connectivity index (χ1) is 9.58. The van der Waals surface area contributed by atoms with Crippen molar-refractivity contribution in [2.45, 2.75) is 6.92 Å². The number of nitro groups is 1. The van der Waals surface area contributed by atoms with Crippen LogP contribution in [0.3, 0.4) is 0 Å². The third-order valence-electron chi connectivity index (χ3n) is 3.05. The van der Waals surface area contributed by atoms with Gasteiger partial charge in [-0.15, -0.1) is 0 Å². The van der Waals surface area contributed by atoms with E-state index in [1.807, 2.05) is 0 Å². The Kier molecular flexibility index (Phi) is 3.74. The molecule has 2 aromatic rings. The van der Waals surface area contributed by atoms with E-state index in [0.29, 0.717) is 34.3 Å². The average Bonchev–Trinajstić information content (AvgIpc) is 2.46. The van der Waals surface area contributed by atoms with Gasteiger partial charge < -0.3 is 4.74 Å². The summed E-state index contributed by atoms with van der Waals surface area (Å²) in [7, 11) is 1.47. The predicted molar refractivity (Wildman–Crippen MR) is 73.0 cm³/mol. The predicted octanol–water partition coefficient (Wildman–Crippen LogP) is 2.79. The van der Waals surface area contributed by atoms with Crippen LogP contribution in [0.1, 0.15) is 15.9 Å². The van der Waals surface area contributed by atoms with Crippen LogP contribution in [0.5, 0.6) is 5.75 Å².